The number of fused-ring (bicyclic) bond motifs is 1. The minimum Gasteiger partial charge on any atom is -0.497 e. The molecule has 9 nitrogen and oxygen atoms in total. The third-order valence-electron chi connectivity index (χ3n) is 5.69. The van der Waals surface area contributed by atoms with Gasteiger partial charge in [-0.05, 0) is 47.9 Å². The Morgan fingerprint density at radius 2 is 1.79 bits per heavy atom. The highest BCUT2D eigenvalue weighted by Crippen LogP contribution is 2.24. The highest BCUT2D eigenvalue weighted by molar-refractivity contribution is 6.05. The maximum atomic E-state index is 12.7. The third kappa shape index (κ3) is 4.92. The fraction of sp³-hybridized carbons (Fsp3) is 0.292. The van der Waals surface area contributed by atoms with Crippen molar-refractivity contribution in [1.82, 2.24) is 20.5 Å². The zero-order valence-corrected chi connectivity index (χ0v) is 18.5. The van der Waals surface area contributed by atoms with Crippen LogP contribution in [0.1, 0.15) is 17.5 Å². The molecule has 1 aliphatic rings. The summed E-state index contributed by atoms with van der Waals surface area (Å²) in [5, 5.41) is 6.47. The fourth-order valence-electron chi connectivity index (χ4n) is 3.86. The number of carbonyl (C=O) groups excluding carboxylic acids is 3. The van der Waals surface area contributed by atoms with Crippen molar-refractivity contribution in [2.45, 2.75) is 25.4 Å². The van der Waals surface area contributed by atoms with Crippen molar-refractivity contribution in [2.75, 3.05) is 20.8 Å². The van der Waals surface area contributed by atoms with Crippen LogP contribution in [0.3, 0.4) is 0 Å². The van der Waals surface area contributed by atoms with Crippen molar-refractivity contribution >= 4 is 28.7 Å². The predicted molar refractivity (Wildman–Crippen MR) is 122 cm³/mol. The first-order chi connectivity index (χ1) is 16.0. The Balaban J connectivity index is 1.29. The van der Waals surface area contributed by atoms with Crippen molar-refractivity contribution in [3.63, 3.8) is 0 Å². The van der Waals surface area contributed by atoms with Crippen LogP contribution in [0, 0.1) is 0 Å². The van der Waals surface area contributed by atoms with E-state index >= 15 is 0 Å². The van der Waals surface area contributed by atoms with Crippen molar-refractivity contribution in [3.05, 3.63) is 59.8 Å². The molecule has 3 aromatic rings. The summed E-state index contributed by atoms with van der Waals surface area (Å²) in [6.07, 6.45) is 2.42. The molecule has 4 rings (SSSR count). The summed E-state index contributed by atoms with van der Waals surface area (Å²) in [5.41, 5.74) is 2.84. The Morgan fingerprint density at radius 1 is 1.06 bits per heavy atom. The summed E-state index contributed by atoms with van der Waals surface area (Å²) in [7, 11) is 3.19. The second kappa shape index (κ2) is 9.64. The number of hydrogen-bond donors (Lipinski definition) is 3. The number of nitrogens with one attached hydrogen (secondary N) is 3. The van der Waals surface area contributed by atoms with Gasteiger partial charge in [-0.3, -0.25) is 14.5 Å². The van der Waals surface area contributed by atoms with Crippen LogP contribution in [0.15, 0.2) is 48.7 Å². The second-order valence-corrected chi connectivity index (χ2v) is 7.80. The summed E-state index contributed by atoms with van der Waals surface area (Å²) >= 11 is 0. The SMILES string of the molecule is COc1ccc(CN2C(=O)N[C@H](CC(=O)NCCc3c[nH]c4ccc(OC)cc34)C2=O)cc1. The zero-order valence-electron chi connectivity index (χ0n) is 18.5. The van der Waals surface area contributed by atoms with Crippen LogP contribution in [-0.4, -0.2) is 54.5 Å². The molecule has 1 atom stereocenters. The molecule has 3 N–H and O–H groups in total. The fourth-order valence-corrected chi connectivity index (χ4v) is 3.86. The number of hydrogen-bond acceptors (Lipinski definition) is 5. The maximum Gasteiger partial charge on any atom is 0.325 e. The van der Waals surface area contributed by atoms with E-state index in [1.807, 2.05) is 24.4 Å². The molecule has 0 bridgehead atoms. The van der Waals surface area contributed by atoms with E-state index in [1.165, 1.54) is 0 Å². The Morgan fingerprint density at radius 3 is 2.52 bits per heavy atom. The number of benzene rings is 2. The summed E-state index contributed by atoms with van der Waals surface area (Å²) in [6, 6.07) is 11.5. The predicted octanol–water partition coefficient (Wildman–Crippen LogP) is 2.35. The van der Waals surface area contributed by atoms with Crippen LogP contribution in [0.2, 0.25) is 0 Å². The summed E-state index contributed by atoms with van der Waals surface area (Å²) < 4.78 is 10.4. The van der Waals surface area contributed by atoms with Crippen LogP contribution >= 0.6 is 0 Å². The second-order valence-electron chi connectivity index (χ2n) is 7.80. The molecular formula is C24H26N4O5. The van der Waals surface area contributed by atoms with Crippen LogP contribution in [0.25, 0.3) is 10.9 Å². The summed E-state index contributed by atoms with van der Waals surface area (Å²) in [5.74, 6) is 0.756. The third-order valence-corrected chi connectivity index (χ3v) is 5.69. The number of aromatic nitrogens is 1. The minimum absolute atomic E-state index is 0.106. The van der Waals surface area contributed by atoms with Crippen LogP contribution in [0.5, 0.6) is 11.5 Å². The topological polar surface area (TPSA) is 113 Å². The largest absolute Gasteiger partial charge is 0.497 e. The molecule has 1 aromatic heterocycles. The van der Waals surface area contributed by atoms with E-state index in [0.29, 0.717) is 18.7 Å². The van der Waals surface area contributed by atoms with Crippen LogP contribution < -0.4 is 20.1 Å². The zero-order chi connectivity index (χ0) is 23.4. The van der Waals surface area contributed by atoms with Gasteiger partial charge in [0.25, 0.3) is 5.91 Å². The lowest BCUT2D eigenvalue weighted by Gasteiger charge is -2.13. The van der Waals surface area contributed by atoms with Crippen molar-refractivity contribution in [3.8, 4) is 11.5 Å². The number of nitrogens with zero attached hydrogens (tertiary/aromatic N) is 1. The Hall–Kier alpha value is -4.01. The Labute approximate surface area is 191 Å². The molecule has 1 fully saturated rings. The number of methoxy groups -OCH3 is 2. The molecule has 0 unspecified atom stereocenters. The maximum absolute atomic E-state index is 12.7. The molecule has 1 aliphatic heterocycles. The molecule has 0 aliphatic carbocycles. The van der Waals surface area contributed by atoms with Gasteiger partial charge in [-0.2, -0.15) is 0 Å². The van der Waals surface area contributed by atoms with E-state index in [9.17, 15) is 14.4 Å². The summed E-state index contributed by atoms with van der Waals surface area (Å²) in [4.78, 5) is 41.7. The van der Waals surface area contributed by atoms with E-state index in [4.69, 9.17) is 9.47 Å². The molecule has 33 heavy (non-hydrogen) atoms. The molecule has 2 aromatic carbocycles. The number of carbonyl (C=O) groups is 3. The number of aromatic amines is 1. The normalized spacial score (nSPS) is 15.6. The van der Waals surface area contributed by atoms with Crippen molar-refractivity contribution in [1.29, 1.82) is 0 Å². The monoisotopic (exact) mass is 450 g/mol. The number of ether oxygens (including phenoxy) is 2. The van der Waals surface area contributed by atoms with Gasteiger partial charge in [0, 0.05) is 23.6 Å². The molecule has 1 saturated heterocycles. The number of H-pyrrole nitrogens is 1. The van der Waals surface area contributed by atoms with E-state index < -0.39 is 18.0 Å². The molecule has 0 radical (unpaired) electrons. The molecule has 0 saturated carbocycles. The van der Waals surface area contributed by atoms with Gasteiger partial charge < -0.3 is 25.1 Å². The lowest BCUT2D eigenvalue weighted by Crippen LogP contribution is -2.37. The molecule has 9 heteroatoms. The first kappa shape index (κ1) is 22.2. The van der Waals surface area contributed by atoms with Gasteiger partial charge in [-0.1, -0.05) is 12.1 Å². The van der Waals surface area contributed by atoms with Gasteiger partial charge in [0.2, 0.25) is 5.91 Å². The van der Waals surface area contributed by atoms with Gasteiger partial charge in [-0.15, -0.1) is 0 Å². The van der Waals surface area contributed by atoms with E-state index in [-0.39, 0.29) is 18.9 Å². The number of amides is 4. The van der Waals surface area contributed by atoms with E-state index in [2.05, 4.69) is 15.6 Å². The first-order valence-corrected chi connectivity index (χ1v) is 10.6. The molecule has 0 spiro atoms. The smallest absolute Gasteiger partial charge is 0.325 e. The highest BCUT2D eigenvalue weighted by atomic mass is 16.5. The van der Waals surface area contributed by atoms with Gasteiger partial charge in [-0.25, -0.2) is 4.79 Å². The van der Waals surface area contributed by atoms with Crippen LogP contribution in [-0.2, 0) is 22.6 Å². The molecule has 2 heterocycles. The Kier molecular flexibility index (Phi) is 6.48. The highest BCUT2D eigenvalue weighted by Gasteiger charge is 2.38. The van der Waals surface area contributed by atoms with Gasteiger partial charge in [0.05, 0.1) is 27.2 Å². The lowest BCUT2D eigenvalue weighted by atomic mass is 10.1. The summed E-state index contributed by atoms with van der Waals surface area (Å²) in [6.45, 7) is 0.546. The number of rotatable bonds is 9. The van der Waals surface area contributed by atoms with Gasteiger partial charge in [0.1, 0.15) is 17.5 Å². The minimum atomic E-state index is -0.868. The van der Waals surface area contributed by atoms with Crippen molar-refractivity contribution < 1.29 is 23.9 Å². The number of urea groups is 1. The van der Waals surface area contributed by atoms with E-state index in [1.54, 1.807) is 38.5 Å². The van der Waals surface area contributed by atoms with Crippen LogP contribution in [0.4, 0.5) is 4.79 Å². The van der Waals surface area contributed by atoms with Crippen molar-refractivity contribution in [2.24, 2.45) is 0 Å². The molecule has 172 valence electrons. The van der Waals surface area contributed by atoms with Gasteiger partial charge in [0.15, 0.2) is 0 Å². The standard InChI is InChI=1S/C24H26N4O5/c1-32-17-5-3-15(4-6-17)14-28-23(30)21(27-24(28)31)12-22(29)25-10-9-16-13-26-20-8-7-18(33-2)11-19(16)20/h3-8,11,13,21,26H,9-10,12,14H2,1-2H3,(H,25,29)(H,27,31)/t21-/m1/s1. The molecular weight excluding hydrogens is 424 g/mol. The molecule has 4 amide bonds. The number of imide groups is 1. The quantitative estimate of drug-likeness (QED) is 0.433. The average molecular weight is 450 g/mol. The average Bonchev–Trinajstić information content (AvgIpc) is 3.34. The van der Waals surface area contributed by atoms with E-state index in [0.717, 1.165) is 32.7 Å². The lowest BCUT2D eigenvalue weighted by molar-refractivity contribution is -0.131. The first-order valence-electron chi connectivity index (χ1n) is 10.6. The van der Waals surface area contributed by atoms with Gasteiger partial charge >= 0.3 is 6.03 Å². The Bertz CT molecular complexity index is 1170.